The average molecular weight is 280 g/mol. The van der Waals surface area contributed by atoms with Gasteiger partial charge < -0.3 is 10.3 Å². The first kappa shape index (κ1) is 13.8. The molecule has 4 nitrogen and oxygen atoms in total. The van der Waals surface area contributed by atoms with Crippen molar-refractivity contribution < 1.29 is 0 Å². The fourth-order valence-corrected chi connectivity index (χ4v) is 2.70. The van der Waals surface area contributed by atoms with Crippen LogP contribution in [-0.4, -0.2) is 14.5 Å². The molecule has 0 amide bonds. The van der Waals surface area contributed by atoms with Gasteiger partial charge in [-0.15, -0.1) is 0 Å². The number of fused-ring (bicyclic) bond motifs is 1. The van der Waals surface area contributed by atoms with Gasteiger partial charge in [-0.1, -0.05) is 12.1 Å². The Bertz CT molecular complexity index is 731. The van der Waals surface area contributed by atoms with Crippen molar-refractivity contribution in [3.8, 4) is 0 Å². The first-order valence-corrected chi connectivity index (χ1v) is 7.39. The van der Waals surface area contributed by atoms with Crippen LogP contribution in [0.15, 0.2) is 42.7 Å². The highest BCUT2D eigenvalue weighted by molar-refractivity contribution is 5.77. The summed E-state index contributed by atoms with van der Waals surface area (Å²) in [6.07, 6.45) is 5.61. The maximum Gasteiger partial charge on any atom is 0.110 e. The second-order valence-corrected chi connectivity index (χ2v) is 5.16. The summed E-state index contributed by atoms with van der Waals surface area (Å²) in [6.45, 7) is 3.65. The molecule has 0 aliphatic rings. The summed E-state index contributed by atoms with van der Waals surface area (Å²) in [5, 5.41) is 0. The molecule has 2 N–H and O–H groups in total. The van der Waals surface area contributed by atoms with E-state index in [9.17, 15) is 0 Å². The third kappa shape index (κ3) is 2.81. The summed E-state index contributed by atoms with van der Waals surface area (Å²) in [6, 6.07) is 10.4. The Hall–Kier alpha value is -2.20. The van der Waals surface area contributed by atoms with Gasteiger partial charge >= 0.3 is 0 Å². The van der Waals surface area contributed by atoms with Gasteiger partial charge in [0.05, 0.1) is 11.0 Å². The van der Waals surface area contributed by atoms with Crippen LogP contribution in [0, 0.1) is 0 Å². The molecule has 4 heteroatoms. The topological polar surface area (TPSA) is 56.7 Å². The van der Waals surface area contributed by atoms with E-state index in [1.54, 1.807) is 6.20 Å². The number of imidazole rings is 1. The van der Waals surface area contributed by atoms with Gasteiger partial charge in [0, 0.05) is 31.9 Å². The molecule has 21 heavy (non-hydrogen) atoms. The van der Waals surface area contributed by atoms with E-state index in [1.807, 2.05) is 12.3 Å². The first-order valence-electron chi connectivity index (χ1n) is 7.39. The molecular formula is C17H20N4. The van der Waals surface area contributed by atoms with Crippen molar-refractivity contribution in [2.75, 3.05) is 0 Å². The lowest BCUT2D eigenvalue weighted by Crippen LogP contribution is -2.03. The van der Waals surface area contributed by atoms with Crippen molar-refractivity contribution >= 4 is 11.0 Å². The molecule has 2 heterocycles. The highest BCUT2D eigenvalue weighted by atomic mass is 15.1. The van der Waals surface area contributed by atoms with Gasteiger partial charge in [0.1, 0.15) is 5.82 Å². The highest BCUT2D eigenvalue weighted by Gasteiger charge is 2.10. The van der Waals surface area contributed by atoms with E-state index in [4.69, 9.17) is 10.7 Å². The molecule has 0 radical (unpaired) electrons. The molecular weight excluding hydrogens is 260 g/mol. The minimum absolute atomic E-state index is 0.555. The van der Waals surface area contributed by atoms with Crippen molar-refractivity contribution in [1.82, 2.24) is 14.5 Å². The fourth-order valence-electron chi connectivity index (χ4n) is 2.70. The van der Waals surface area contributed by atoms with Crippen LogP contribution in [0.3, 0.4) is 0 Å². The van der Waals surface area contributed by atoms with E-state index in [1.165, 1.54) is 11.1 Å². The Kier molecular flexibility index (Phi) is 3.97. The van der Waals surface area contributed by atoms with E-state index < -0.39 is 0 Å². The Balaban J connectivity index is 1.90. The van der Waals surface area contributed by atoms with E-state index in [0.29, 0.717) is 6.54 Å². The minimum atomic E-state index is 0.555. The predicted octanol–water partition coefficient (Wildman–Crippen LogP) is 2.70. The van der Waals surface area contributed by atoms with Gasteiger partial charge in [0.15, 0.2) is 0 Å². The molecule has 108 valence electrons. The van der Waals surface area contributed by atoms with Gasteiger partial charge in [-0.05, 0) is 42.7 Å². The van der Waals surface area contributed by atoms with Crippen LogP contribution >= 0.6 is 0 Å². The van der Waals surface area contributed by atoms with Crippen LogP contribution in [0.1, 0.15) is 23.9 Å². The molecule has 0 aliphatic heterocycles. The number of nitrogens with zero attached hydrogens (tertiary/aromatic N) is 3. The van der Waals surface area contributed by atoms with E-state index in [-0.39, 0.29) is 0 Å². The molecule has 0 fully saturated rings. The molecule has 0 unspecified atom stereocenters. The fraction of sp³-hybridized carbons (Fsp3) is 0.294. The number of hydrogen-bond acceptors (Lipinski definition) is 3. The van der Waals surface area contributed by atoms with Crippen molar-refractivity contribution in [2.24, 2.45) is 5.73 Å². The van der Waals surface area contributed by atoms with E-state index >= 15 is 0 Å². The zero-order valence-corrected chi connectivity index (χ0v) is 12.3. The van der Waals surface area contributed by atoms with Crippen LogP contribution < -0.4 is 5.73 Å². The van der Waals surface area contributed by atoms with Gasteiger partial charge in [-0.25, -0.2) is 4.98 Å². The summed E-state index contributed by atoms with van der Waals surface area (Å²) < 4.78 is 2.28. The van der Waals surface area contributed by atoms with Gasteiger partial charge in [-0.2, -0.15) is 0 Å². The van der Waals surface area contributed by atoms with Crippen LogP contribution in [-0.2, 0) is 25.9 Å². The largest absolute Gasteiger partial charge is 0.328 e. The van der Waals surface area contributed by atoms with Crippen molar-refractivity contribution in [2.45, 2.75) is 32.9 Å². The molecule has 1 aromatic carbocycles. The summed E-state index contributed by atoms with van der Waals surface area (Å²) in [5.74, 6) is 1.13. The SMILES string of the molecule is CCn1c(CCc2cccnc2)nc2cc(CN)ccc21. The Morgan fingerprint density at radius 1 is 1.14 bits per heavy atom. The molecule has 0 spiro atoms. The van der Waals surface area contributed by atoms with E-state index in [0.717, 1.165) is 36.3 Å². The normalized spacial score (nSPS) is 11.1. The quantitative estimate of drug-likeness (QED) is 0.781. The molecule has 0 bridgehead atoms. The van der Waals surface area contributed by atoms with Crippen LogP contribution in [0.5, 0.6) is 0 Å². The summed E-state index contributed by atoms with van der Waals surface area (Å²) >= 11 is 0. The van der Waals surface area contributed by atoms with Crippen molar-refractivity contribution in [1.29, 1.82) is 0 Å². The lowest BCUT2D eigenvalue weighted by atomic mass is 10.1. The second-order valence-electron chi connectivity index (χ2n) is 5.16. The number of hydrogen-bond donors (Lipinski definition) is 1. The van der Waals surface area contributed by atoms with Gasteiger partial charge in [-0.3, -0.25) is 4.98 Å². The zero-order valence-electron chi connectivity index (χ0n) is 12.3. The molecule has 0 saturated carbocycles. The van der Waals surface area contributed by atoms with Crippen LogP contribution in [0.25, 0.3) is 11.0 Å². The third-order valence-electron chi connectivity index (χ3n) is 3.80. The lowest BCUT2D eigenvalue weighted by molar-refractivity contribution is 0.706. The number of benzene rings is 1. The van der Waals surface area contributed by atoms with Crippen molar-refractivity contribution in [3.05, 3.63) is 59.7 Å². The Morgan fingerprint density at radius 2 is 2.05 bits per heavy atom. The lowest BCUT2D eigenvalue weighted by Gasteiger charge is -2.06. The predicted molar refractivity (Wildman–Crippen MR) is 84.9 cm³/mol. The molecule has 3 aromatic rings. The average Bonchev–Trinajstić information content (AvgIpc) is 2.90. The number of aryl methyl sites for hydroxylation is 3. The number of nitrogens with two attached hydrogens (primary N) is 1. The maximum absolute atomic E-state index is 5.71. The maximum atomic E-state index is 5.71. The zero-order chi connectivity index (χ0) is 14.7. The minimum Gasteiger partial charge on any atom is -0.328 e. The molecule has 3 rings (SSSR count). The summed E-state index contributed by atoms with van der Waals surface area (Å²) in [5.41, 5.74) is 10.3. The second kappa shape index (κ2) is 6.06. The van der Waals surface area contributed by atoms with Crippen LogP contribution in [0.4, 0.5) is 0 Å². The summed E-state index contributed by atoms with van der Waals surface area (Å²) in [4.78, 5) is 8.96. The smallest absolute Gasteiger partial charge is 0.110 e. The molecule has 0 saturated heterocycles. The molecule has 2 aromatic heterocycles. The number of rotatable bonds is 5. The molecule has 0 atom stereocenters. The van der Waals surface area contributed by atoms with Crippen LogP contribution in [0.2, 0.25) is 0 Å². The van der Waals surface area contributed by atoms with E-state index in [2.05, 4.69) is 40.7 Å². The van der Waals surface area contributed by atoms with Crippen molar-refractivity contribution in [3.63, 3.8) is 0 Å². The number of pyridine rings is 1. The standard InChI is InChI=1S/C17H20N4/c1-2-21-16-7-5-14(11-18)10-15(16)20-17(21)8-6-13-4-3-9-19-12-13/h3-5,7,9-10,12H,2,6,8,11,18H2,1H3. The Labute approximate surface area is 124 Å². The Morgan fingerprint density at radius 3 is 2.76 bits per heavy atom. The first-order chi connectivity index (χ1) is 10.3. The highest BCUT2D eigenvalue weighted by Crippen LogP contribution is 2.19. The summed E-state index contributed by atoms with van der Waals surface area (Å²) in [7, 11) is 0. The monoisotopic (exact) mass is 280 g/mol. The third-order valence-corrected chi connectivity index (χ3v) is 3.80. The van der Waals surface area contributed by atoms with Gasteiger partial charge in [0.2, 0.25) is 0 Å². The molecule has 0 aliphatic carbocycles. The van der Waals surface area contributed by atoms with Gasteiger partial charge in [0.25, 0.3) is 0 Å². The number of aromatic nitrogens is 3.